The topological polar surface area (TPSA) is 66.0 Å². The molecule has 3 rings (SSSR count). The van der Waals surface area contributed by atoms with Gasteiger partial charge in [0, 0.05) is 11.9 Å². The molecule has 0 atom stereocenters. The molecule has 0 amide bonds. The largest absolute Gasteiger partial charge is 0.435 e. The third kappa shape index (κ3) is 2.71. The first-order chi connectivity index (χ1) is 10.2. The average molecular weight is 298 g/mol. The average Bonchev–Trinajstić information content (AvgIpc) is 2.94. The second-order valence-corrected chi connectivity index (χ2v) is 4.97. The van der Waals surface area contributed by atoms with Gasteiger partial charge in [0.2, 0.25) is 5.88 Å². The smallest absolute Gasteiger partial charge is 0.230 e. The SMILES string of the molecule is CCn1cc(Oc2nc3ccccc3cc2C(N)=S)cn1. The molecule has 0 spiro atoms. The minimum atomic E-state index is 0.256. The van der Waals surface area contributed by atoms with Gasteiger partial charge >= 0.3 is 0 Å². The summed E-state index contributed by atoms with van der Waals surface area (Å²) in [7, 11) is 0. The Balaban J connectivity index is 2.06. The fourth-order valence-electron chi connectivity index (χ4n) is 2.03. The molecule has 2 heterocycles. The molecule has 0 aliphatic rings. The van der Waals surface area contributed by atoms with E-state index in [1.165, 1.54) is 0 Å². The van der Waals surface area contributed by atoms with Crippen molar-refractivity contribution in [2.24, 2.45) is 5.73 Å². The molecule has 2 aromatic heterocycles. The Hall–Kier alpha value is -2.47. The number of hydrogen-bond donors (Lipinski definition) is 1. The van der Waals surface area contributed by atoms with Gasteiger partial charge < -0.3 is 10.5 Å². The number of aromatic nitrogens is 3. The summed E-state index contributed by atoms with van der Waals surface area (Å²) in [5.41, 5.74) is 7.23. The van der Waals surface area contributed by atoms with Gasteiger partial charge in [0.25, 0.3) is 0 Å². The molecule has 0 bridgehead atoms. The lowest BCUT2D eigenvalue weighted by atomic mass is 10.1. The minimum Gasteiger partial charge on any atom is -0.435 e. The van der Waals surface area contributed by atoms with Crippen LogP contribution in [0.15, 0.2) is 42.7 Å². The van der Waals surface area contributed by atoms with Gasteiger partial charge in [-0.25, -0.2) is 4.98 Å². The lowest BCUT2D eigenvalue weighted by molar-refractivity contribution is 0.463. The number of nitrogens with two attached hydrogens (primary N) is 1. The van der Waals surface area contributed by atoms with Crippen LogP contribution < -0.4 is 10.5 Å². The highest BCUT2D eigenvalue weighted by Gasteiger charge is 2.12. The molecule has 0 saturated carbocycles. The van der Waals surface area contributed by atoms with E-state index >= 15 is 0 Å². The lowest BCUT2D eigenvalue weighted by Gasteiger charge is -2.09. The van der Waals surface area contributed by atoms with Crippen LogP contribution in [0.25, 0.3) is 10.9 Å². The van der Waals surface area contributed by atoms with E-state index in [9.17, 15) is 0 Å². The van der Waals surface area contributed by atoms with Gasteiger partial charge in [-0.05, 0) is 19.1 Å². The standard InChI is InChI=1S/C15H14N4OS/c1-2-19-9-11(8-17-19)20-15-12(14(16)21)7-10-5-3-4-6-13(10)18-15/h3-9H,2H2,1H3,(H2,16,21). The van der Waals surface area contributed by atoms with Crippen LogP contribution in [0, 0.1) is 0 Å². The molecule has 0 aliphatic carbocycles. The van der Waals surface area contributed by atoms with Gasteiger partial charge in [-0.2, -0.15) is 5.10 Å². The highest BCUT2D eigenvalue weighted by molar-refractivity contribution is 7.80. The molecule has 3 aromatic rings. The van der Waals surface area contributed by atoms with Gasteiger partial charge in [0.05, 0.1) is 23.5 Å². The van der Waals surface area contributed by atoms with Gasteiger partial charge in [0.1, 0.15) is 4.99 Å². The summed E-state index contributed by atoms with van der Waals surface area (Å²) in [6, 6.07) is 9.64. The van der Waals surface area contributed by atoms with Crippen LogP contribution in [0.1, 0.15) is 12.5 Å². The van der Waals surface area contributed by atoms with Crippen LogP contribution in [-0.2, 0) is 6.54 Å². The second kappa shape index (κ2) is 5.49. The lowest BCUT2D eigenvalue weighted by Crippen LogP contribution is -2.11. The molecule has 2 N–H and O–H groups in total. The molecular formula is C15H14N4OS. The normalized spacial score (nSPS) is 10.7. The van der Waals surface area contributed by atoms with E-state index in [2.05, 4.69) is 10.1 Å². The third-order valence-electron chi connectivity index (χ3n) is 3.10. The first kappa shape index (κ1) is 13.5. The summed E-state index contributed by atoms with van der Waals surface area (Å²) in [6.07, 6.45) is 3.45. The Kier molecular flexibility index (Phi) is 3.53. The summed E-state index contributed by atoms with van der Waals surface area (Å²) < 4.78 is 7.57. The first-order valence-electron chi connectivity index (χ1n) is 6.57. The molecular weight excluding hydrogens is 284 g/mol. The highest BCUT2D eigenvalue weighted by Crippen LogP contribution is 2.26. The maximum Gasteiger partial charge on any atom is 0.230 e. The van der Waals surface area contributed by atoms with E-state index in [-0.39, 0.29) is 4.99 Å². The number of benzene rings is 1. The zero-order chi connectivity index (χ0) is 14.8. The predicted molar refractivity (Wildman–Crippen MR) is 85.6 cm³/mol. The predicted octanol–water partition coefficient (Wildman–Crippen LogP) is 2.88. The molecule has 21 heavy (non-hydrogen) atoms. The summed E-state index contributed by atoms with van der Waals surface area (Å²) >= 11 is 5.09. The van der Waals surface area contributed by atoms with Crippen molar-refractivity contribution in [3.05, 3.63) is 48.3 Å². The van der Waals surface area contributed by atoms with Gasteiger partial charge in [-0.3, -0.25) is 4.68 Å². The molecule has 106 valence electrons. The number of para-hydroxylation sites is 1. The molecule has 0 radical (unpaired) electrons. The van der Waals surface area contributed by atoms with Crippen molar-refractivity contribution < 1.29 is 4.74 Å². The quantitative estimate of drug-likeness (QED) is 0.750. The summed E-state index contributed by atoms with van der Waals surface area (Å²) in [6.45, 7) is 2.78. The number of fused-ring (bicyclic) bond motifs is 1. The van der Waals surface area contributed by atoms with Crippen molar-refractivity contribution in [3.8, 4) is 11.6 Å². The molecule has 1 aromatic carbocycles. The monoisotopic (exact) mass is 298 g/mol. The van der Waals surface area contributed by atoms with Crippen molar-refractivity contribution in [1.82, 2.24) is 14.8 Å². The molecule has 0 saturated heterocycles. The van der Waals surface area contributed by atoms with Crippen molar-refractivity contribution in [2.45, 2.75) is 13.5 Å². The highest BCUT2D eigenvalue weighted by atomic mass is 32.1. The molecule has 5 nitrogen and oxygen atoms in total. The van der Waals surface area contributed by atoms with E-state index in [1.54, 1.807) is 17.1 Å². The van der Waals surface area contributed by atoms with Crippen molar-refractivity contribution in [3.63, 3.8) is 0 Å². The molecule has 6 heteroatoms. The maximum atomic E-state index is 5.80. The Morgan fingerprint density at radius 2 is 2.19 bits per heavy atom. The summed E-state index contributed by atoms with van der Waals surface area (Å²) in [4.78, 5) is 4.76. The zero-order valence-corrected chi connectivity index (χ0v) is 12.3. The van der Waals surface area contributed by atoms with E-state index in [0.29, 0.717) is 17.2 Å². The van der Waals surface area contributed by atoms with E-state index in [4.69, 9.17) is 22.7 Å². The number of hydrogen-bond acceptors (Lipinski definition) is 4. The maximum absolute atomic E-state index is 5.80. The van der Waals surface area contributed by atoms with E-state index in [1.807, 2.05) is 37.3 Å². The van der Waals surface area contributed by atoms with Crippen LogP contribution in [0.5, 0.6) is 11.6 Å². The Bertz CT molecular complexity index is 812. The fraction of sp³-hybridized carbons (Fsp3) is 0.133. The summed E-state index contributed by atoms with van der Waals surface area (Å²) in [5, 5.41) is 5.14. The molecule has 0 fully saturated rings. The van der Waals surface area contributed by atoms with Crippen LogP contribution in [0.4, 0.5) is 0 Å². The Morgan fingerprint density at radius 1 is 1.38 bits per heavy atom. The van der Waals surface area contributed by atoms with E-state index < -0.39 is 0 Å². The summed E-state index contributed by atoms with van der Waals surface area (Å²) in [5.74, 6) is 1.01. The third-order valence-corrected chi connectivity index (χ3v) is 3.32. The zero-order valence-electron chi connectivity index (χ0n) is 11.5. The molecule has 0 aliphatic heterocycles. The van der Waals surface area contributed by atoms with Crippen molar-refractivity contribution >= 4 is 28.1 Å². The minimum absolute atomic E-state index is 0.256. The number of pyridine rings is 1. The van der Waals surface area contributed by atoms with Crippen molar-refractivity contribution in [2.75, 3.05) is 0 Å². The number of aryl methyl sites for hydroxylation is 1. The van der Waals surface area contributed by atoms with E-state index in [0.717, 1.165) is 17.4 Å². The fourth-order valence-corrected chi connectivity index (χ4v) is 2.18. The Labute approximate surface area is 127 Å². The van der Waals surface area contributed by atoms with Crippen LogP contribution >= 0.6 is 12.2 Å². The van der Waals surface area contributed by atoms with Crippen LogP contribution in [0.2, 0.25) is 0 Å². The van der Waals surface area contributed by atoms with Crippen LogP contribution in [0.3, 0.4) is 0 Å². The number of ether oxygens (including phenoxy) is 1. The number of nitrogens with zero attached hydrogens (tertiary/aromatic N) is 3. The van der Waals surface area contributed by atoms with Crippen molar-refractivity contribution in [1.29, 1.82) is 0 Å². The number of rotatable bonds is 4. The first-order valence-corrected chi connectivity index (χ1v) is 6.98. The van der Waals surface area contributed by atoms with Gasteiger partial charge in [0.15, 0.2) is 5.75 Å². The molecule has 0 unspecified atom stereocenters. The number of thiocarbonyl (C=S) groups is 1. The second-order valence-electron chi connectivity index (χ2n) is 4.53. The Morgan fingerprint density at radius 3 is 2.90 bits per heavy atom. The van der Waals surface area contributed by atoms with Gasteiger partial charge in [-0.1, -0.05) is 30.4 Å². The van der Waals surface area contributed by atoms with Gasteiger partial charge in [-0.15, -0.1) is 0 Å². The van der Waals surface area contributed by atoms with Crippen LogP contribution in [-0.4, -0.2) is 19.8 Å².